The third kappa shape index (κ3) is 2.94. The number of halogens is 1. The van der Waals surface area contributed by atoms with Crippen molar-refractivity contribution >= 4 is 39.8 Å². The predicted molar refractivity (Wildman–Crippen MR) is 81.0 cm³/mol. The Morgan fingerprint density at radius 2 is 2.22 bits per heavy atom. The summed E-state index contributed by atoms with van der Waals surface area (Å²) in [5.41, 5.74) is 0. The lowest BCUT2D eigenvalue weighted by atomic mass is 10.1. The molecule has 1 aliphatic rings. The monoisotopic (exact) mass is 283 g/mol. The maximum Gasteiger partial charge on any atom is 0.147 e. The Morgan fingerprint density at radius 3 is 3.06 bits per heavy atom. The normalized spacial score (nSPS) is 19.4. The molecule has 1 aromatic heterocycles. The van der Waals surface area contributed by atoms with Crippen molar-refractivity contribution in [3.05, 3.63) is 24.3 Å². The smallest absolute Gasteiger partial charge is 0.147 e. The van der Waals surface area contributed by atoms with Crippen LogP contribution in [0, 0.1) is 0 Å². The molecule has 2 N–H and O–H groups in total. The molecule has 0 radical (unpaired) electrons. The van der Waals surface area contributed by atoms with Gasteiger partial charge in [-0.05, 0) is 43.1 Å². The highest BCUT2D eigenvalue weighted by molar-refractivity contribution is 7.13. The molecule has 1 aliphatic heterocycles. The molecule has 18 heavy (non-hydrogen) atoms. The summed E-state index contributed by atoms with van der Waals surface area (Å²) < 4.78 is 5.74. The van der Waals surface area contributed by atoms with Gasteiger partial charge in [0.25, 0.3) is 0 Å². The Hall–Kier alpha value is -0.840. The Bertz CT molecular complexity index is 494. The molecule has 1 atom stereocenters. The van der Waals surface area contributed by atoms with Crippen molar-refractivity contribution in [3.63, 3.8) is 0 Å². The molecule has 3 rings (SSSR count). The van der Waals surface area contributed by atoms with Crippen LogP contribution in [0.2, 0.25) is 0 Å². The Labute approximate surface area is 118 Å². The lowest BCUT2D eigenvalue weighted by Gasteiger charge is -2.23. The average Bonchev–Trinajstić information content (AvgIpc) is 2.81. The maximum atomic E-state index is 4.48. The van der Waals surface area contributed by atoms with Gasteiger partial charge in [0.2, 0.25) is 0 Å². The lowest BCUT2D eigenvalue weighted by Crippen LogP contribution is -2.39. The third-order valence-corrected chi connectivity index (χ3v) is 4.13. The summed E-state index contributed by atoms with van der Waals surface area (Å²) >= 11 is 1.57. The van der Waals surface area contributed by atoms with Gasteiger partial charge in [0.05, 0.1) is 4.70 Å². The number of benzene rings is 1. The van der Waals surface area contributed by atoms with E-state index in [2.05, 4.69) is 39.3 Å². The van der Waals surface area contributed by atoms with Gasteiger partial charge in [0.1, 0.15) is 5.82 Å². The highest BCUT2D eigenvalue weighted by Gasteiger charge is 2.13. The van der Waals surface area contributed by atoms with Crippen molar-refractivity contribution in [3.8, 4) is 0 Å². The van der Waals surface area contributed by atoms with Gasteiger partial charge in [0, 0.05) is 18.0 Å². The molecule has 3 nitrogen and oxygen atoms in total. The molecule has 2 heterocycles. The molecule has 0 saturated carbocycles. The zero-order chi connectivity index (χ0) is 11.5. The SMILES string of the molecule is Cl.c1ccc2c(NCC3CCCCN3)nsc2c1. The molecule has 0 bridgehead atoms. The molecule has 1 fully saturated rings. The van der Waals surface area contributed by atoms with Crippen LogP contribution in [0.4, 0.5) is 5.82 Å². The van der Waals surface area contributed by atoms with Gasteiger partial charge in [-0.15, -0.1) is 12.4 Å². The second-order valence-corrected chi connectivity index (χ2v) is 5.36. The van der Waals surface area contributed by atoms with Gasteiger partial charge in [-0.25, -0.2) is 0 Å². The lowest BCUT2D eigenvalue weighted by molar-refractivity contribution is 0.414. The van der Waals surface area contributed by atoms with E-state index in [0.29, 0.717) is 6.04 Å². The second kappa shape index (κ2) is 6.36. The number of hydrogen-bond acceptors (Lipinski definition) is 4. The van der Waals surface area contributed by atoms with E-state index in [0.717, 1.165) is 18.9 Å². The van der Waals surface area contributed by atoms with E-state index in [1.165, 1.54) is 29.3 Å². The minimum atomic E-state index is 0. The molecule has 2 aromatic rings. The first kappa shape index (κ1) is 13.6. The first-order valence-electron chi connectivity index (χ1n) is 6.25. The number of aromatic nitrogens is 1. The van der Waals surface area contributed by atoms with E-state index < -0.39 is 0 Å². The van der Waals surface area contributed by atoms with Gasteiger partial charge < -0.3 is 10.6 Å². The predicted octanol–water partition coefficient (Wildman–Crippen LogP) is 3.27. The van der Waals surface area contributed by atoms with Crippen molar-refractivity contribution in [1.29, 1.82) is 0 Å². The second-order valence-electron chi connectivity index (χ2n) is 4.56. The third-order valence-electron chi connectivity index (χ3n) is 3.31. The Kier molecular flexibility index (Phi) is 4.80. The van der Waals surface area contributed by atoms with E-state index in [1.54, 1.807) is 11.5 Å². The molecule has 1 unspecified atom stereocenters. The van der Waals surface area contributed by atoms with Crippen LogP contribution < -0.4 is 10.6 Å². The fourth-order valence-corrected chi connectivity index (χ4v) is 3.09. The van der Waals surface area contributed by atoms with Gasteiger partial charge in [-0.1, -0.05) is 18.6 Å². The molecule has 0 spiro atoms. The zero-order valence-corrected chi connectivity index (χ0v) is 11.8. The molecule has 5 heteroatoms. The minimum absolute atomic E-state index is 0. The summed E-state index contributed by atoms with van der Waals surface area (Å²) in [6, 6.07) is 8.99. The standard InChI is InChI=1S/C13H17N3S.ClH/c1-2-7-12-11(6-1)13(16-17-12)15-9-10-5-3-4-8-14-10;/h1-2,6-7,10,14H,3-5,8-9H2,(H,15,16);1H. The first-order valence-corrected chi connectivity index (χ1v) is 7.02. The highest BCUT2D eigenvalue weighted by atomic mass is 35.5. The van der Waals surface area contributed by atoms with E-state index in [1.807, 2.05) is 0 Å². The molecule has 1 aromatic carbocycles. The number of nitrogens with one attached hydrogen (secondary N) is 2. The van der Waals surface area contributed by atoms with Crippen LogP contribution in [-0.4, -0.2) is 23.5 Å². The summed E-state index contributed by atoms with van der Waals surface area (Å²) in [7, 11) is 0. The topological polar surface area (TPSA) is 37.0 Å². The van der Waals surface area contributed by atoms with Crippen molar-refractivity contribution < 1.29 is 0 Å². The van der Waals surface area contributed by atoms with Gasteiger partial charge in [-0.2, -0.15) is 4.37 Å². The number of anilines is 1. The number of nitrogens with zero attached hydrogens (tertiary/aromatic N) is 1. The number of hydrogen-bond donors (Lipinski definition) is 2. The first-order chi connectivity index (χ1) is 8.43. The fraction of sp³-hybridized carbons (Fsp3) is 0.462. The zero-order valence-electron chi connectivity index (χ0n) is 10.2. The molecule has 0 aliphatic carbocycles. The Morgan fingerprint density at radius 1 is 1.33 bits per heavy atom. The highest BCUT2D eigenvalue weighted by Crippen LogP contribution is 2.26. The van der Waals surface area contributed by atoms with Crippen molar-refractivity contribution in [1.82, 2.24) is 9.69 Å². The van der Waals surface area contributed by atoms with Crippen LogP contribution >= 0.6 is 23.9 Å². The quantitative estimate of drug-likeness (QED) is 0.908. The Balaban J connectivity index is 0.00000120. The van der Waals surface area contributed by atoms with Crippen molar-refractivity contribution in [2.75, 3.05) is 18.4 Å². The van der Waals surface area contributed by atoms with Crippen LogP contribution in [0.1, 0.15) is 19.3 Å². The summed E-state index contributed by atoms with van der Waals surface area (Å²) in [4.78, 5) is 0. The van der Waals surface area contributed by atoms with Crippen LogP contribution in [0.25, 0.3) is 10.1 Å². The molecule has 98 valence electrons. The van der Waals surface area contributed by atoms with E-state index in [4.69, 9.17) is 0 Å². The van der Waals surface area contributed by atoms with Crippen LogP contribution in [0.3, 0.4) is 0 Å². The summed E-state index contributed by atoms with van der Waals surface area (Å²) in [6.45, 7) is 2.14. The number of piperidine rings is 1. The maximum absolute atomic E-state index is 4.48. The van der Waals surface area contributed by atoms with E-state index >= 15 is 0 Å². The summed E-state index contributed by atoms with van der Waals surface area (Å²) in [5, 5.41) is 8.26. The number of rotatable bonds is 3. The molecular weight excluding hydrogens is 266 g/mol. The minimum Gasteiger partial charge on any atom is -0.367 e. The summed E-state index contributed by atoms with van der Waals surface area (Å²) in [6.07, 6.45) is 3.93. The van der Waals surface area contributed by atoms with Gasteiger partial charge in [0.15, 0.2) is 0 Å². The van der Waals surface area contributed by atoms with Crippen molar-refractivity contribution in [2.24, 2.45) is 0 Å². The molecule has 1 saturated heterocycles. The van der Waals surface area contributed by atoms with E-state index in [9.17, 15) is 0 Å². The fourth-order valence-electron chi connectivity index (χ4n) is 2.33. The van der Waals surface area contributed by atoms with Crippen LogP contribution in [-0.2, 0) is 0 Å². The van der Waals surface area contributed by atoms with E-state index in [-0.39, 0.29) is 12.4 Å². The molecular formula is C13H18ClN3S. The number of fused-ring (bicyclic) bond motifs is 1. The van der Waals surface area contributed by atoms with Gasteiger partial charge >= 0.3 is 0 Å². The summed E-state index contributed by atoms with van der Waals surface area (Å²) in [5.74, 6) is 1.04. The van der Waals surface area contributed by atoms with Crippen molar-refractivity contribution in [2.45, 2.75) is 25.3 Å². The van der Waals surface area contributed by atoms with Crippen LogP contribution in [0.15, 0.2) is 24.3 Å². The molecule has 0 amide bonds. The van der Waals surface area contributed by atoms with Crippen LogP contribution in [0.5, 0.6) is 0 Å². The largest absolute Gasteiger partial charge is 0.367 e. The van der Waals surface area contributed by atoms with Gasteiger partial charge in [-0.3, -0.25) is 0 Å². The average molecular weight is 284 g/mol.